The number of hydrogen-bond acceptors (Lipinski definition) is 3. The molecule has 1 aromatic rings. The second-order valence-corrected chi connectivity index (χ2v) is 4.41. The van der Waals surface area contributed by atoms with Crippen LogP contribution in [0.1, 0.15) is 30.8 Å². The van der Waals surface area contributed by atoms with E-state index in [9.17, 15) is 31.1 Å². The van der Waals surface area contributed by atoms with Crippen molar-refractivity contribution in [3.8, 4) is 0 Å². The van der Waals surface area contributed by atoms with Gasteiger partial charge >= 0.3 is 129 Å². The van der Waals surface area contributed by atoms with Crippen LogP contribution in [0.2, 0.25) is 0 Å². The summed E-state index contributed by atoms with van der Waals surface area (Å²) in [6.45, 7) is 2.18. The molecule has 0 bridgehead atoms. The fourth-order valence-corrected chi connectivity index (χ4v) is 1.77. The van der Waals surface area contributed by atoms with Crippen molar-refractivity contribution in [2.45, 2.75) is 26.2 Å². The number of aromatic nitrogens is 1. The number of alkyl halides is 6. The van der Waals surface area contributed by atoms with Crippen LogP contribution in [-0.4, -0.2) is 10.8 Å². The molecule has 10 heteroatoms. The molecule has 1 rings (SSSR count). The quantitative estimate of drug-likeness (QED) is 0.352. The van der Waals surface area contributed by atoms with Gasteiger partial charge in [0.05, 0.1) is 0 Å². The van der Waals surface area contributed by atoms with Crippen LogP contribution >= 0.6 is 0 Å². The summed E-state index contributed by atoms with van der Waals surface area (Å²) >= 11 is 2.99. The summed E-state index contributed by atoms with van der Waals surface area (Å²) in [5, 5.41) is 0. The standard InChI is InChI=1S/C12H9F6NO2.Fe/c1-5(20)10(6(2)21)7-3-8(11(13,14)15)19-9(4-7)12(16,17)18;/h3-4,20H,1-2H3;/q;+1/p-1/b10-5+;. The van der Waals surface area contributed by atoms with Crippen LogP contribution in [0.15, 0.2) is 17.9 Å². The summed E-state index contributed by atoms with van der Waals surface area (Å²) in [5.74, 6) is -0.978. The molecule has 0 saturated heterocycles. The Morgan fingerprint density at radius 3 is 1.73 bits per heavy atom. The second-order valence-electron chi connectivity index (χ2n) is 4.18. The van der Waals surface area contributed by atoms with E-state index in [1.54, 1.807) is 0 Å². The summed E-state index contributed by atoms with van der Waals surface area (Å²) in [4.78, 5) is 14.1. The van der Waals surface area contributed by atoms with Crippen molar-refractivity contribution in [1.82, 2.24) is 4.98 Å². The molecule has 0 aromatic carbocycles. The van der Waals surface area contributed by atoms with E-state index in [4.69, 9.17) is 0 Å². The Hall–Kier alpha value is -1.54. The molecular formula is C12H8F6FeNO2. The summed E-state index contributed by atoms with van der Waals surface area (Å²) in [7, 11) is 0. The van der Waals surface area contributed by atoms with Gasteiger partial charge in [-0.1, -0.05) is 0 Å². The van der Waals surface area contributed by atoms with Crippen LogP contribution in [0.25, 0.3) is 5.57 Å². The van der Waals surface area contributed by atoms with Crippen LogP contribution in [0.4, 0.5) is 26.3 Å². The van der Waals surface area contributed by atoms with E-state index >= 15 is 0 Å². The molecule has 1 aromatic heterocycles. The molecule has 0 aliphatic heterocycles. The number of carbonyl (C=O) groups is 1. The molecule has 0 aliphatic rings. The van der Waals surface area contributed by atoms with Gasteiger partial charge in [-0.15, -0.1) is 0 Å². The van der Waals surface area contributed by atoms with Gasteiger partial charge in [-0.05, 0) is 0 Å². The number of ketones is 1. The van der Waals surface area contributed by atoms with Crippen LogP contribution < -0.4 is 0 Å². The molecule has 0 atom stereocenters. The van der Waals surface area contributed by atoms with Gasteiger partial charge in [-0.25, -0.2) is 0 Å². The minimum atomic E-state index is -5.10. The molecular weight excluding hydrogens is 360 g/mol. The van der Waals surface area contributed by atoms with Gasteiger partial charge in [0.2, 0.25) is 0 Å². The molecule has 22 heavy (non-hydrogen) atoms. The van der Waals surface area contributed by atoms with Crippen molar-refractivity contribution in [3.05, 3.63) is 34.8 Å². The first kappa shape index (κ1) is 18.5. The van der Waals surface area contributed by atoms with E-state index in [0.29, 0.717) is 12.1 Å². The maximum atomic E-state index is 12.7. The average Bonchev–Trinajstić information content (AvgIpc) is 2.35. The molecule has 0 N–H and O–H groups in total. The molecule has 1 heterocycles. The number of allylic oxidation sites excluding steroid dienone is 2. The molecule has 0 aliphatic carbocycles. The minimum absolute atomic E-state index is 0.208. The Morgan fingerprint density at radius 1 is 1.05 bits per heavy atom. The van der Waals surface area contributed by atoms with Crippen molar-refractivity contribution in [3.63, 3.8) is 0 Å². The van der Waals surface area contributed by atoms with Gasteiger partial charge in [-0.3, -0.25) is 0 Å². The molecule has 0 radical (unpaired) electrons. The Bertz CT molecular complexity index is 589. The molecule has 0 spiro atoms. The fraction of sp³-hybridized carbons (Fsp3) is 0.333. The third-order valence-corrected chi connectivity index (χ3v) is 2.85. The zero-order valence-electron chi connectivity index (χ0n) is 11.0. The zero-order chi connectivity index (χ0) is 17.3. The van der Waals surface area contributed by atoms with E-state index in [2.05, 4.69) is 25.1 Å². The van der Waals surface area contributed by atoms with E-state index < -0.39 is 40.7 Å². The Balaban J connectivity index is 3.71. The van der Waals surface area contributed by atoms with Crippen LogP contribution in [0.5, 0.6) is 0 Å². The number of halogens is 6. The number of carbonyl (C=O) groups excluding carboxylic acids is 1. The molecule has 0 saturated carbocycles. The molecule has 123 valence electrons. The van der Waals surface area contributed by atoms with E-state index in [1.807, 2.05) is 0 Å². The van der Waals surface area contributed by atoms with Gasteiger partial charge < -0.3 is 0 Å². The number of hydrogen-bond donors (Lipinski definition) is 0. The van der Waals surface area contributed by atoms with Gasteiger partial charge in [0.1, 0.15) is 0 Å². The van der Waals surface area contributed by atoms with Gasteiger partial charge in [-0.2, -0.15) is 0 Å². The number of nitrogens with zero attached hydrogens (tertiary/aromatic N) is 1. The summed E-state index contributed by atoms with van der Waals surface area (Å²) in [6.07, 6.45) is -10.2. The summed E-state index contributed by atoms with van der Waals surface area (Å²) in [6, 6.07) is 0.711. The number of pyridine rings is 1. The van der Waals surface area contributed by atoms with E-state index in [0.717, 1.165) is 6.92 Å². The fourth-order valence-electron chi connectivity index (χ4n) is 1.66. The van der Waals surface area contributed by atoms with Crippen LogP contribution in [-0.2, 0) is 37.3 Å². The average molecular weight is 368 g/mol. The van der Waals surface area contributed by atoms with Crippen LogP contribution in [0, 0.1) is 0 Å². The van der Waals surface area contributed by atoms with Crippen molar-refractivity contribution < 1.29 is 51.3 Å². The van der Waals surface area contributed by atoms with Gasteiger partial charge in [0.25, 0.3) is 0 Å². The van der Waals surface area contributed by atoms with Gasteiger partial charge in [0.15, 0.2) is 0 Å². The Kier molecular flexibility index (Phi) is 5.29. The molecule has 3 nitrogen and oxygen atoms in total. The second kappa shape index (κ2) is 6.29. The predicted octanol–water partition coefficient (Wildman–Crippen LogP) is 3.92. The predicted molar refractivity (Wildman–Crippen MR) is 58.6 cm³/mol. The number of rotatable bonds is 3. The topological polar surface area (TPSA) is 39.2 Å². The summed E-state index contributed by atoms with van der Waals surface area (Å²) in [5.41, 5.74) is -4.54. The van der Waals surface area contributed by atoms with Crippen molar-refractivity contribution in [2.24, 2.45) is 0 Å². The monoisotopic (exact) mass is 368 g/mol. The SMILES string of the molecule is CC(=O)/C(=C(/C)[O][Fe])c1cc(C(F)(F)F)nc(C(F)(F)F)c1. The maximum absolute atomic E-state index is 12.7. The first-order chi connectivity index (χ1) is 9.87. The first-order valence-corrected chi connectivity index (χ1v) is 5.99. The normalized spacial score (nSPS) is 13.7. The Labute approximate surface area is 129 Å². The first-order valence-electron chi connectivity index (χ1n) is 5.54. The van der Waals surface area contributed by atoms with Gasteiger partial charge in [0, 0.05) is 0 Å². The third kappa shape index (κ3) is 4.23. The van der Waals surface area contributed by atoms with Crippen molar-refractivity contribution >= 4 is 11.4 Å². The third-order valence-electron chi connectivity index (χ3n) is 2.51. The number of Topliss-reactive ketones (excluding diaryl/α,β-unsaturated/α-hetero) is 1. The van der Waals surface area contributed by atoms with E-state index in [1.165, 1.54) is 6.92 Å². The van der Waals surface area contributed by atoms with Crippen LogP contribution in [0.3, 0.4) is 0 Å². The summed E-state index contributed by atoms with van der Waals surface area (Å²) < 4.78 is 80.8. The van der Waals surface area contributed by atoms with Crippen molar-refractivity contribution in [1.29, 1.82) is 0 Å². The molecule has 0 amide bonds. The van der Waals surface area contributed by atoms with E-state index in [-0.39, 0.29) is 5.76 Å². The Morgan fingerprint density at radius 2 is 1.45 bits per heavy atom. The molecule has 0 unspecified atom stereocenters. The molecule has 0 fully saturated rings. The zero-order valence-corrected chi connectivity index (χ0v) is 12.1. The van der Waals surface area contributed by atoms with Crippen molar-refractivity contribution in [2.75, 3.05) is 0 Å².